The summed E-state index contributed by atoms with van der Waals surface area (Å²) in [6.07, 6.45) is 7.12. The molecule has 1 N–H and O–H groups in total. The second-order valence-electron chi connectivity index (χ2n) is 11.5. The fourth-order valence-corrected chi connectivity index (χ4v) is 8.10. The highest BCUT2D eigenvalue weighted by Gasteiger charge is 2.44. The minimum absolute atomic E-state index is 0.149. The zero-order valence-electron chi connectivity index (χ0n) is 23.8. The minimum Gasteiger partial charge on any atom is -0.480 e. The Morgan fingerprint density at radius 2 is 1.74 bits per heavy atom. The minimum atomic E-state index is -3.60. The van der Waals surface area contributed by atoms with Gasteiger partial charge >= 0.3 is 11.9 Å². The van der Waals surface area contributed by atoms with E-state index in [2.05, 4.69) is 0 Å². The third kappa shape index (κ3) is 9.46. The number of carbonyl (C=O) groups is 3. The SMILES string of the molecule is CCC(=O)O[C@@H](OP(=O)(CCCCc1ccccc1)CC(=O)N1C[C@@H](C2CCCCC2)C[C@@H]1C(=O)O)C(C)C. The molecular weight excluding hydrogens is 517 g/mol. The van der Waals surface area contributed by atoms with Gasteiger partial charge in [-0.1, -0.05) is 83.2 Å². The Morgan fingerprint density at radius 1 is 1.05 bits per heavy atom. The number of ether oxygens (including phenoxy) is 1. The van der Waals surface area contributed by atoms with E-state index in [1.807, 2.05) is 44.2 Å². The lowest BCUT2D eigenvalue weighted by molar-refractivity contribution is -0.169. The number of amides is 1. The number of esters is 1. The fourth-order valence-electron chi connectivity index (χ4n) is 5.80. The van der Waals surface area contributed by atoms with Crippen molar-refractivity contribution in [3.05, 3.63) is 35.9 Å². The molecule has 1 aromatic carbocycles. The Labute approximate surface area is 233 Å². The van der Waals surface area contributed by atoms with Crippen LogP contribution in [0.1, 0.15) is 84.1 Å². The summed E-state index contributed by atoms with van der Waals surface area (Å²) in [6, 6.07) is 9.10. The standard InChI is InChI=1S/C30H46NO7P/c1-4-28(33)37-30(22(2)3)38-39(36,18-12-11-15-23-13-7-5-8-14-23)21-27(32)31-20-25(19-26(31)29(34)35)24-16-9-6-10-17-24/h5,7-8,13-14,22,24-26,30H,4,6,9-12,15-21H2,1-3H3,(H,34,35)/t25-,26+,30-,39?/m0/s1. The van der Waals surface area contributed by atoms with Crippen LogP contribution in [0.25, 0.3) is 0 Å². The van der Waals surface area contributed by atoms with Gasteiger partial charge in [0.1, 0.15) is 12.2 Å². The molecule has 1 aromatic rings. The van der Waals surface area contributed by atoms with Crippen molar-refractivity contribution in [1.29, 1.82) is 0 Å². The van der Waals surface area contributed by atoms with Crippen molar-refractivity contribution in [2.45, 2.75) is 97.3 Å². The molecule has 1 aliphatic carbocycles. The van der Waals surface area contributed by atoms with Gasteiger partial charge in [0, 0.05) is 25.0 Å². The zero-order valence-corrected chi connectivity index (χ0v) is 24.7. The Balaban J connectivity index is 1.73. The predicted octanol–water partition coefficient (Wildman–Crippen LogP) is 6.12. The van der Waals surface area contributed by atoms with Crippen molar-refractivity contribution in [2.75, 3.05) is 18.9 Å². The first-order valence-electron chi connectivity index (χ1n) is 14.6. The molecule has 3 rings (SSSR count). The van der Waals surface area contributed by atoms with Gasteiger partial charge in [0.05, 0.1) is 0 Å². The van der Waals surface area contributed by atoms with Crippen molar-refractivity contribution in [2.24, 2.45) is 17.8 Å². The summed E-state index contributed by atoms with van der Waals surface area (Å²) in [5.74, 6) is -1.61. The number of hydrogen-bond donors (Lipinski definition) is 1. The molecule has 4 atom stereocenters. The second kappa shape index (κ2) is 15.0. The molecule has 218 valence electrons. The van der Waals surface area contributed by atoms with Crippen LogP contribution in [0.5, 0.6) is 0 Å². The molecule has 2 fully saturated rings. The highest BCUT2D eigenvalue weighted by atomic mass is 31.2. The summed E-state index contributed by atoms with van der Waals surface area (Å²) < 4.78 is 25.7. The number of carbonyl (C=O) groups excluding carboxylic acids is 2. The van der Waals surface area contributed by atoms with Crippen LogP contribution in [0, 0.1) is 17.8 Å². The number of nitrogens with zero attached hydrogens (tertiary/aromatic N) is 1. The molecule has 0 spiro atoms. The molecule has 0 aromatic heterocycles. The topological polar surface area (TPSA) is 110 Å². The van der Waals surface area contributed by atoms with E-state index in [4.69, 9.17) is 9.26 Å². The molecule has 0 radical (unpaired) electrons. The van der Waals surface area contributed by atoms with E-state index in [0.717, 1.165) is 38.5 Å². The molecule has 1 aliphatic heterocycles. The molecule has 0 bridgehead atoms. The van der Waals surface area contributed by atoms with Crippen molar-refractivity contribution in [3.63, 3.8) is 0 Å². The lowest BCUT2D eigenvalue weighted by Crippen LogP contribution is -2.42. The number of unbranched alkanes of at least 4 members (excludes halogenated alkanes) is 1. The first-order chi connectivity index (χ1) is 18.6. The summed E-state index contributed by atoms with van der Waals surface area (Å²) >= 11 is 0. The molecular formula is C30H46NO7P. The number of rotatable bonds is 14. The van der Waals surface area contributed by atoms with E-state index in [0.29, 0.717) is 25.3 Å². The summed E-state index contributed by atoms with van der Waals surface area (Å²) in [5.41, 5.74) is 1.18. The number of aryl methyl sites for hydroxylation is 1. The Kier molecular flexibility index (Phi) is 12.1. The van der Waals surface area contributed by atoms with E-state index < -0.39 is 37.5 Å². The maximum atomic E-state index is 14.2. The first-order valence-corrected chi connectivity index (χ1v) is 16.6. The van der Waals surface area contributed by atoms with Gasteiger partial charge in [0.2, 0.25) is 19.6 Å². The van der Waals surface area contributed by atoms with Crippen molar-refractivity contribution in [3.8, 4) is 0 Å². The summed E-state index contributed by atoms with van der Waals surface area (Å²) in [4.78, 5) is 39.2. The van der Waals surface area contributed by atoms with Crippen molar-refractivity contribution >= 4 is 25.2 Å². The first kappa shape index (κ1) is 31.3. The van der Waals surface area contributed by atoms with Crippen LogP contribution < -0.4 is 0 Å². The van der Waals surface area contributed by atoms with Crippen molar-refractivity contribution < 1.29 is 33.3 Å². The van der Waals surface area contributed by atoms with Crippen LogP contribution in [0.3, 0.4) is 0 Å². The van der Waals surface area contributed by atoms with Gasteiger partial charge in [0.25, 0.3) is 0 Å². The maximum absolute atomic E-state index is 14.2. The third-order valence-electron chi connectivity index (χ3n) is 8.07. The van der Waals surface area contributed by atoms with E-state index in [9.17, 15) is 24.1 Å². The van der Waals surface area contributed by atoms with Crippen LogP contribution in [0.2, 0.25) is 0 Å². The van der Waals surface area contributed by atoms with E-state index >= 15 is 0 Å². The van der Waals surface area contributed by atoms with Crippen LogP contribution in [-0.2, 0) is 34.6 Å². The van der Waals surface area contributed by atoms with Crippen LogP contribution in [0.15, 0.2) is 30.3 Å². The number of hydrogen-bond acceptors (Lipinski definition) is 6. The monoisotopic (exact) mass is 563 g/mol. The summed E-state index contributed by atoms with van der Waals surface area (Å²) in [7, 11) is -3.60. The molecule has 1 unspecified atom stereocenters. The Hall–Kier alpha value is -2.18. The van der Waals surface area contributed by atoms with E-state index in [1.165, 1.54) is 16.9 Å². The highest BCUT2D eigenvalue weighted by molar-refractivity contribution is 7.59. The Bertz CT molecular complexity index is 992. The highest BCUT2D eigenvalue weighted by Crippen LogP contribution is 2.51. The van der Waals surface area contributed by atoms with Gasteiger partial charge in [-0.05, 0) is 43.1 Å². The molecule has 1 amide bonds. The zero-order chi connectivity index (χ0) is 28.4. The lowest BCUT2D eigenvalue weighted by Gasteiger charge is -2.30. The number of likely N-dealkylation sites (tertiary alicyclic amines) is 1. The molecule has 1 saturated heterocycles. The number of aliphatic carboxylic acids is 1. The number of carboxylic acid groups (broad SMARTS) is 1. The van der Waals surface area contributed by atoms with Gasteiger partial charge in [0.15, 0.2) is 0 Å². The average Bonchev–Trinajstić information content (AvgIpc) is 3.38. The molecule has 9 heteroatoms. The molecule has 1 heterocycles. The van der Waals surface area contributed by atoms with Gasteiger partial charge in [-0.15, -0.1) is 0 Å². The summed E-state index contributed by atoms with van der Waals surface area (Å²) in [5, 5.41) is 9.92. The number of carboxylic acids is 1. The Morgan fingerprint density at radius 3 is 2.36 bits per heavy atom. The average molecular weight is 564 g/mol. The van der Waals surface area contributed by atoms with E-state index in [-0.39, 0.29) is 30.6 Å². The molecule has 2 aliphatic rings. The quantitative estimate of drug-likeness (QED) is 0.126. The smallest absolute Gasteiger partial charge is 0.326 e. The van der Waals surface area contributed by atoms with Crippen LogP contribution in [0.4, 0.5) is 0 Å². The van der Waals surface area contributed by atoms with Crippen LogP contribution in [-0.4, -0.2) is 59.1 Å². The third-order valence-corrected chi connectivity index (χ3v) is 10.4. The predicted molar refractivity (Wildman–Crippen MR) is 151 cm³/mol. The van der Waals surface area contributed by atoms with Gasteiger partial charge in [-0.25, -0.2) is 4.79 Å². The molecule has 1 saturated carbocycles. The summed E-state index contributed by atoms with van der Waals surface area (Å²) in [6.45, 7) is 5.68. The van der Waals surface area contributed by atoms with Crippen molar-refractivity contribution in [1.82, 2.24) is 4.90 Å². The normalized spacial score (nSPS) is 22.4. The second-order valence-corrected chi connectivity index (χ2v) is 14.1. The van der Waals surface area contributed by atoms with E-state index in [1.54, 1.807) is 6.92 Å². The molecule has 39 heavy (non-hydrogen) atoms. The lowest BCUT2D eigenvalue weighted by atomic mass is 9.79. The number of benzene rings is 1. The fraction of sp³-hybridized carbons (Fsp3) is 0.700. The largest absolute Gasteiger partial charge is 0.480 e. The molecule has 8 nitrogen and oxygen atoms in total. The van der Waals surface area contributed by atoms with Crippen LogP contribution >= 0.6 is 7.37 Å². The maximum Gasteiger partial charge on any atom is 0.326 e. The van der Waals surface area contributed by atoms with Gasteiger partial charge in [-0.2, -0.15) is 0 Å². The van der Waals surface area contributed by atoms with Gasteiger partial charge < -0.3 is 14.7 Å². The van der Waals surface area contributed by atoms with Gasteiger partial charge in [-0.3, -0.25) is 18.7 Å².